The number of ether oxygens (including phenoxy) is 5. The van der Waals surface area contributed by atoms with Gasteiger partial charge in [0.25, 0.3) is 0 Å². The molecule has 5 rings (SSSR count). The number of methoxy groups -OCH3 is 2. The normalized spacial score (nSPS) is 17.6. The Morgan fingerprint density at radius 2 is 1.93 bits per heavy atom. The summed E-state index contributed by atoms with van der Waals surface area (Å²) in [5.74, 6) is 2.52. The fourth-order valence-electron chi connectivity index (χ4n) is 4.93. The van der Waals surface area contributed by atoms with Crippen LogP contribution in [-0.4, -0.2) is 56.6 Å². The Bertz CT molecular complexity index is 1350. The molecule has 3 heterocycles. The van der Waals surface area contributed by atoms with Crippen molar-refractivity contribution in [1.82, 2.24) is 9.88 Å². The quantitative estimate of drug-likeness (QED) is 0.307. The van der Waals surface area contributed by atoms with Crippen LogP contribution in [0.4, 0.5) is 13.2 Å². The van der Waals surface area contributed by atoms with Gasteiger partial charge < -0.3 is 23.7 Å². The van der Waals surface area contributed by atoms with Crippen LogP contribution in [0.2, 0.25) is 5.02 Å². The number of pyridine rings is 1. The van der Waals surface area contributed by atoms with Crippen molar-refractivity contribution in [2.24, 2.45) is 0 Å². The summed E-state index contributed by atoms with van der Waals surface area (Å²) in [7, 11) is 3.23. The van der Waals surface area contributed by atoms with Gasteiger partial charge in [-0.1, -0.05) is 11.6 Å². The van der Waals surface area contributed by atoms with Crippen LogP contribution in [0.1, 0.15) is 29.5 Å². The standard InChI is InChI=1S/C29H30ClF3N2O5/c1-36-22-5-6-25(37-2)19(11-22)15-35-7-9-39-28-20(16-35)10-18(12-26(28)40-17-23-4-3-8-38-23)27-24(30)13-21(14-34-27)29(31,32)33/h5-6,10-14,23H,3-4,7-9,15-17H2,1-2H3. The molecule has 1 saturated heterocycles. The molecule has 2 aromatic carbocycles. The zero-order valence-corrected chi connectivity index (χ0v) is 23.0. The summed E-state index contributed by atoms with van der Waals surface area (Å²) in [5, 5.41) is -0.104. The summed E-state index contributed by atoms with van der Waals surface area (Å²) in [6.07, 6.45) is -1.93. The van der Waals surface area contributed by atoms with Crippen molar-refractivity contribution < 1.29 is 36.9 Å². The first-order valence-corrected chi connectivity index (χ1v) is 13.3. The van der Waals surface area contributed by atoms with Crippen LogP contribution in [-0.2, 0) is 24.0 Å². The van der Waals surface area contributed by atoms with Crippen LogP contribution in [0, 0.1) is 0 Å². The SMILES string of the molecule is COc1ccc(OC)c(CN2CCOc3c(cc(-c4ncc(C(F)(F)F)cc4Cl)cc3OCC3CCCO3)C2)c1. The molecular formula is C29H30ClF3N2O5. The maximum Gasteiger partial charge on any atom is 0.417 e. The highest BCUT2D eigenvalue weighted by Crippen LogP contribution is 2.41. The fraction of sp³-hybridized carbons (Fsp3) is 0.414. The van der Waals surface area contributed by atoms with E-state index < -0.39 is 11.7 Å². The van der Waals surface area contributed by atoms with E-state index in [1.807, 2.05) is 24.3 Å². The predicted octanol–water partition coefficient (Wildman–Crippen LogP) is 6.39. The lowest BCUT2D eigenvalue weighted by atomic mass is 10.0. The number of benzene rings is 2. The maximum absolute atomic E-state index is 13.2. The van der Waals surface area contributed by atoms with E-state index in [1.54, 1.807) is 20.3 Å². The van der Waals surface area contributed by atoms with Crippen LogP contribution < -0.4 is 18.9 Å². The molecule has 0 radical (unpaired) electrons. The van der Waals surface area contributed by atoms with E-state index in [9.17, 15) is 13.2 Å². The van der Waals surface area contributed by atoms with Crippen molar-refractivity contribution in [3.05, 3.63) is 64.3 Å². The minimum atomic E-state index is -4.55. The first-order valence-electron chi connectivity index (χ1n) is 13.0. The molecule has 0 spiro atoms. The summed E-state index contributed by atoms with van der Waals surface area (Å²) in [5.41, 5.74) is 1.60. The zero-order chi connectivity index (χ0) is 28.3. The van der Waals surface area contributed by atoms with Crippen LogP contribution in [0.5, 0.6) is 23.0 Å². The minimum absolute atomic E-state index is 0.0325. The van der Waals surface area contributed by atoms with Crippen molar-refractivity contribution in [3.63, 3.8) is 0 Å². The number of alkyl halides is 3. The second-order valence-corrected chi connectivity index (χ2v) is 10.1. The number of hydrogen-bond acceptors (Lipinski definition) is 7. The van der Waals surface area contributed by atoms with Crippen molar-refractivity contribution in [3.8, 4) is 34.3 Å². The molecule has 11 heteroatoms. The van der Waals surface area contributed by atoms with Gasteiger partial charge in [0.2, 0.25) is 0 Å². The number of hydrogen-bond donors (Lipinski definition) is 0. The van der Waals surface area contributed by atoms with E-state index in [4.69, 9.17) is 35.3 Å². The lowest BCUT2D eigenvalue weighted by molar-refractivity contribution is -0.137. The van der Waals surface area contributed by atoms with Gasteiger partial charge in [-0.3, -0.25) is 9.88 Å². The summed E-state index contributed by atoms with van der Waals surface area (Å²) in [6.45, 7) is 3.09. The molecule has 3 aromatic rings. The van der Waals surface area contributed by atoms with Gasteiger partial charge in [0.15, 0.2) is 11.5 Å². The molecular weight excluding hydrogens is 549 g/mol. The van der Waals surface area contributed by atoms with E-state index in [2.05, 4.69) is 9.88 Å². The Hall–Kier alpha value is -3.21. The molecule has 1 fully saturated rings. The maximum atomic E-state index is 13.2. The average molecular weight is 579 g/mol. The third-order valence-electron chi connectivity index (χ3n) is 6.95. The third-order valence-corrected chi connectivity index (χ3v) is 7.24. The van der Waals surface area contributed by atoms with Crippen LogP contribution >= 0.6 is 11.6 Å². The molecule has 2 aliphatic heterocycles. The Kier molecular flexibility index (Phi) is 8.58. The lowest BCUT2D eigenvalue weighted by Crippen LogP contribution is -2.25. The monoisotopic (exact) mass is 578 g/mol. The fourth-order valence-corrected chi connectivity index (χ4v) is 5.20. The van der Waals surface area contributed by atoms with Crippen LogP contribution in [0.25, 0.3) is 11.3 Å². The predicted molar refractivity (Wildman–Crippen MR) is 143 cm³/mol. The topological polar surface area (TPSA) is 62.3 Å². The smallest absolute Gasteiger partial charge is 0.417 e. The summed E-state index contributed by atoms with van der Waals surface area (Å²) < 4.78 is 68.8. The molecule has 0 bridgehead atoms. The Morgan fingerprint density at radius 3 is 2.62 bits per heavy atom. The Labute approximate surface area is 235 Å². The average Bonchev–Trinajstić information content (AvgIpc) is 3.37. The summed E-state index contributed by atoms with van der Waals surface area (Å²) in [6, 6.07) is 10.1. The van der Waals surface area contributed by atoms with Crippen molar-refractivity contribution in [2.75, 3.05) is 40.6 Å². The lowest BCUT2D eigenvalue weighted by Gasteiger charge is -2.22. The second kappa shape index (κ2) is 12.1. The number of fused-ring (bicyclic) bond motifs is 1. The van der Waals surface area contributed by atoms with Gasteiger partial charge in [0, 0.05) is 49.1 Å². The number of halogens is 4. The molecule has 0 N–H and O–H groups in total. The molecule has 40 heavy (non-hydrogen) atoms. The van der Waals surface area contributed by atoms with E-state index in [1.165, 1.54) is 0 Å². The van der Waals surface area contributed by atoms with Gasteiger partial charge in [-0.25, -0.2) is 0 Å². The molecule has 1 unspecified atom stereocenters. The molecule has 1 atom stereocenters. The van der Waals surface area contributed by atoms with Gasteiger partial charge in [0.05, 0.1) is 36.6 Å². The second-order valence-electron chi connectivity index (χ2n) is 9.70. The van der Waals surface area contributed by atoms with Crippen LogP contribution in [0.15, 0.2) is 42.6 Å². The molecule has 214 valence electrons. The van der Waals surface area contributed by atoms with E-state index in [0.717, 1.165) is 47.7 Å². The van der Waals surface area contributed by atoms with E-state index in [0.29, 0.717) is 56.5 Å². The Balaban J connectivity index is 1.49. The zero-order valence-electron chi connectivity index (χ0n) is 22.2. The summed E-state index contributed by atoms with van der Waals surface area (Å²) in [4.78, 5) is 6.27. The highest BCUT2D eigenvalue weighted by molar-refractivity contribution is 6.33. The van der Waals surface area contributed by atoms with Crippen molar-refractivity contribution >= 4 is 11.6 Å². The summed E-state index contributed by atoms with van der Waals surface area (Å²) >= 11 is 6.33. The van der Waals surface area contributed by atoms with Gasteiger partial charge in [0.1, 0.15) is 24.7 Å². The number of rotatable bonds is 8. The van der Waals surface area contributed by atoms with E-state index >= 15 is 0 Å². The third kappa shape index (κ3) is 6.40. The first-order chi connectivity index (χ1) is 19.2. The van der Waals surface area contributed by atoms with Gasteiger partial charge in [-0.05, 0) is 49.2 Å². The largest absolute Gasteiger partial charge is 0.497 e. The molecule has 2 aliphatic rings. The highest BCUT2D eigenvalue weighted by atomic mass is 35.5. The van der Waals surface area contributed by atoms with E-state index in [-0.39, 0.29) is 16.8 Å². The number of aromatic nitrogens is 1. The van der Waals surface area contributed by atoms with Crippen molar-refractivity contribution in [2.45, 2.75) is 38.2 Å². The number of nitrogens with zero attached hydrogens (tertiary/aromatic N) is 2. The molecule has 0 saturated carbocycles. The van der Waals surface area contributed by atoms with Gasteiger partial charge in [-0.15, -0.1) is 0 Å². The molecule has 7 nitrogen and oxygen atoms in total. The first kappa shape index (κ1) is 28.3. The van der Waals surface area contributed by atoms with Crippen LogP contribution in [0.3, 0.4) is 0 Å². The van der Waals surface area contributed by atoms with Gasteiger partial charge >= 0.3 is 6.18 Å². The Morgan fingerprint density at radius 1 is 1.07 bits per heavy atom. The van der Waals surface area contributed by atoms with Gasteiger partial charge in [-0.2, -0.15) is 13.2 Å². The molecule has 1 aromatic heterocycles. The highest BCUT2D eigenvalue weighted by Gasteiger charge is 2.32. The molecule has 0 aliphatic carbocycles. The minimum Gasteiger partial charge on any atom is -0.497 e. The molecule has 0 amide bonds. The van der Waals surface area contributed by atoms with Crippen molar-refractivity contribution in [1.29, 1.82) is 0 Å².